The van der Waals surface area contributed by atoms with Crippen molar-refractivity contribution in [2.75, 3.05) is 0 Å². The third kappa shape index (κ3) is 4.56. The molecule has 6 rings (SSSR count). The number of benzene rings is 2. The van der Waals surface area contributed by atoms with Crippen LogP contribution in [0.1, 0.15) is 65.1 Å². The number of hydrogen-bond donors (Lipinski definition) is 0. The molecule has 1 atom stereocenters. The van der Waals surface area contributed by atoms with Gasteiger partial charge in [0.2, 0.25) is 11.6 Å². The van der Waals surface area contributed by atoms with E-state index < -0.39 is 23.8 Å². The van der Waals surface area contributed by atoms with Gasteiger partial charge in [0.15, 0.2) is 5.78 Å². The number of thiophene rings is 1. The van der Waals surface area contributed by atoms with Gasteiger partial charge in [0.05, 0.1) is 12.1 Å². The molecule has 0 radical (unpaired) electrons. The van der Waals surface area contributed by atoms with Crippen molar-refractivity contribution in [3.05, 3.63) is 121 Å². The van der Waals surface area contributed by atoms with Crippen LogP contribution in [0.4, 0.5) is 18.9 Å². The van der Waals surface area contributed by atoms with Crippen LogP contribution in [0.25, 0.3) is 4.85 Å². The van der Waals surface area contributed by atoms with Crippen LogP contribution in [-0.2, 0) is 32.4 Å². The topological polar surface area (TPSA) is 67.5 Å². The van der Waals surface area contributed by atoms with Gasteiger partial charge >= 0.3 is 6.08 Å². The van der Waals surface area contributed by atoms with E-state index in [1.54, 1.807) is 6.07 Å². The second-order valence-corrected chi connectivity index (χ2v) is 11.1. The molecule has 0 N–H and O–H groups in total. The van der Waals surface area contributed by atoms with Crippen molar-refractivity contribution in [2.24, 2.45) is 0 Å². The van der Waals surface area contributed by atoms with E-state index in [1.807, 2.05) is 18.2 Å². The molecule has 0 spiro atoms. The molecule has 2 aliphatic rings. The Morgan fingerprint density at radius 3 is 2.65 bits per heavy atom. The highest BCUT2D eigenvalue weighted by molar-refractivity contribution is 7.13. The van der Waals surface area contributed by atoms with Crippen molar-refractivity contribution >= 4 is 28.7 Å². The van der Waals surface area contributed by atoms with Crippen LogP contribution in [0.5, 0.6) is 0 Å². The maximum Gasteiger partial charge on any atom is 0.311 e. The average molecular weight is 559 g/mol. The summed E-state index contributed by atoms with van der Waals surface area (Å²) in [5.41, 5.74) is 4.17. The maximum atomic E-state index is 14.2. The van der Waals surface area contributed by atoms with Gasteiger partial charge in [-0.15, -0.1) is 0 Å². The summed E-state index contributed by atoms with van der Waals surface area (Å²) >= 11 is 1.44. The Hall–Kier alpha value is -4.36. The summed E-state index contributed by atoms with van der Waals surface area (Å²) in [5.74, 6) is -2.58. The highest BCUT2D eigenvalue weighted by atomic mass is 32.1. The van der Waals surface area contributed by atoms with E-state index in [-0.39, 0.29) is 35.8 Å². The monoisotopic (exact) mass is 558 g/mol. The van der Waals surface area contributed by atoms with Gasteiger partial charge in [-0.3, -0.25) is 9.59 Å². The zero-order chi connectivity index (χ0) is 28.0. The number of carbonyl (C=O) groups is 2. The van der Waals surface area contributed by atoms with Gasteiger partial charge in [0, 0.05) is 30.6 Å². The molecule has 0 bridgehead atoms. The number of rotatable bonds is 5. The molecule has 200 valence electrons. The van der Waals surface area contributed by atoms with Crippen molar-refractivity contribution in [1.29, 1.82) is 0 Å². The Kier molecular flexibility index (Phi) is 6.68. The molecule has 2 aromatic heterocycles. The fourth-order valence-corrected chi connectivity index (χ4v) is 7.07. The number of hydrogen-bond acceptors (Lipinski definition) is 5. The summed E-state index contributed by atoms with van der Waals surface area (Å²) < 4.78 is 41.5. The van der Waals surface area contributed by atoms with E-state index in [4.69, 9.17) is 6.57 Å². The molecule has 40 heavy (non-hydrogen) atoms. The second kappa shape index (κ2) is 10.3. The van der Waals surface area contributed by atoms with E-state index in [0.717, 1.165) is 39.7 Å². The number of fused-ring (bicyclic) bond motifs is 2. The Balaban J connectivity index is 1.24. The number of amides is 1. The molecular formula is C30H21F3N4O2S. The van der Waals surface area contributed by atoms with Crippen LogP contribution in [0.2, 0.25) is 0 Å². The lowest BCUT2D eigenvalue weighted by molar-refractivity contribution is 0.0744. The molecular weight excluding hydrogens is 537 g/mol. The van der Waals surface area contributed by atoms with E-state index >= 15 is 0 Å². The number of halogens is 3. The molecule has 2 aromatic carbocycles. The summed E-state index contributed by atoms with van der Waals surface area (Å²) in [6.45, 7) is 8.33. The molecule has 1 aliphatic carbocycles. The van der Waals surface area contributed by atoms with Gasteiger partial charge in [0.25, 0.3) is 5.91 Å². The SMILES string of the molecule is [C-]#[N+]c1c(CC(=O)c2ccccc2F)sc2c1CCC(c1cccc3c1CN(C(=O)c1cnc(F)nc1F)C3)C2. The van der Waals surface area contributed by atoms with Crippen molar-refractivity contribution in [2.45, 2.75) is 44.7 Å². The van der Waals surface area contributed by atoms with Gasteiger partial charge in [-0.05, 0) is 64.4 Å². The van der Waals surface area contributed by atoms with Gasteiger partial charge in [-0.25, -0.2) is 14.2 Å². The van der Waals surface area contributed by atoms with E-state index in [2.05, 4.69) is 14.8 Å². The van der Waals surface area contributed by atoms with Gasteiger partial charge in [-0.2, -0.15) is 25.1 Å². The summed E-state index contributed by atoms with van der Waals surface area (Å²) in [6, 6.07) is 11.8. The minimum atomic E-state index is -1.23. The quantitative estimate of drug-likeness (QED) is 0.124. The molecule has 0 fully saturated rings. The summed E-state index contributed by atoms with van der Waals surface area (Å²) in [6.07, 6.45) is 1.76. The highest BCUT2D eigenvalue weighted by Gasteiger charge is 2.33. The number of aromatic nitrogens is 2. The van der Waals surface area contributed by atoms with Crippen molar-refractivity contribution in [1.82, 2.24) is 14.9 Å². The van der Waals surface area contributed by atoms with Crippen LogP contribution >= 0.6 is 11.3 Å². The molecule has 0 saturated heterocycles. The van der Waals surface area contributed by atoms with Gasteiger partial charge < -0.3 is 4.90 Å². The Bertz CT molecular complexity index is 1730. The first kappa shape index (κ1) is 25.9. The van der Waals surface area contributed by atoms with Gasteiger partial charge in [0.1, 0.15) is 11.4 Å². The lowest BCUT2D eigenvalue weighted by Crippen LogP contribution is -2.27. The Labute approximate surface area is 232 Å². The minimum Gasteiger partial charge on any atom is -0.330 e. The first-order valence-corrected chi connectivity index (χ1v) is 13.5. The van der Waals surface area contributed by atoms with Crippen molar-refractivity contribution in [3.63, 3.8) is 0 Å². The summed E-state index contributed by atoms with van der Waals surface area (Å²) in [4.78, 5) is 39.1. The number of nitrogens with zero attached hydrogens (tertiary/aromatic N) is 4. The maximum absolute atomic E-state index is 14.2. The summed E-state index contributed by atoms with van der Waals surface area (Å²) in [7, 11) is 0. The molecule has 1 amide bonds. The standard InChI is InChI=1S/C30H21F3N4O2S/c1-34-27-20-10-9-16(11-25(20)40-26(27)12-24(38)19-6-2-3-8-23(19)31)18-7-4-5-17-14-37(15-22(17)18)29(39)21-13-35-30(33)36-28(21)32/h2-8,13,16H,9-12,14-15H2. The molecule has 4 aromatic rings. The molecule has 6 nitrogen and oxygen atoms in total. The fraction of sp³-hybridized carbons (Fsp3) is 0.233. The highest BCUT2D eigenvalue weighted by Crippen LogP contribution is 2.46. The molecule has 3 heterocycles. The van der Waals surface area contributed by atoms with E-state index in [0.29, 0.717) is 30.0 Å². The zero-order valence-corrected chi connectivity index (χ0v) is 21.9. The third-order valence-electron chi connectivity index (χ3n) is 7.60. The molecule has 10 heteroatoms. The number of Topliss-reactive ketones (excluding diaryl/α,β-unsaturated/α-hetero) is 1. The second-order valence-electron chi connectivity index (χ2n) is 9.90. The van der Waals surface area contributed by atoms with Gasteiger partial charge in [-0.1, -0.05) is 30.3 Å². The smallest absolute Gasteiger partial charge is 0.311 e. The van der Waals surface area contributed by atoms with E-state index in [9.17, 15) is 22.8 Å². The average Bonchev–Trinajstić information content (AvgIpc) is 3.53. The number of carbonyl (C=O) groups excluding carboxylic acids is 2. The minimum absolute atomic E-state index is 0.0220. The molecule has 1 aliphatic heterocycles. The number of ketones is 1. The first-order chi connectivity index (χ1) is 19.3. The van der Waals surface area contributed by atoms with Crippen LogP contribution in [0.3, 0.4) is 0 Å². The Morgan fingerprint density at radius 1 is 1.05 bits per heavy atom. The Morgan fingerprint density at radius 2 is 1.88 bits per heavy atom. The first-order valence-electron chi connectivity index (χ1n) is 12.7. The van der Waals surface area contributed by atoms with Crippen LogP contribution in [-0.4, -0.2) is 26.6 Å². The zero-order valence-electron chi connectivity index (χ0n) is 21.1. The van der Waals surface area contributed by atoms with E-state index in [1.165, 1.54) is 34.4 Å². The van der Waals surface area contributed by atoms with Crippen LogP contribution in [0, 0.1) is 24.4 Å². The molecule has 1 unspecified atom stereocenters. The lowest BCUT2D eigenvalue weighted by Gasteiger charge is -2.25. The predicted molar refractivity (Wildman–Crippen MR) is 142 cm³/mol. The predicted octanol–water partition coefficient (Wildman–Crippen LogP) is 6.36. The largest absolute Gasteiger partial charge is 0.330 e. The summed E-state index contributed by atoms with van der Waals surface area (Å²) in [5, 5.41) is 0. The third-order valence-corrected chi connectivity index (χ3v) is 8.85. The fourth-order valence-electron chi connectivity index (χ4n) is 5.70. The molecule has 0 saturated carbocycles. The van der Waals surface area contributed by atoms with Crippen molar-refractivity contribution < 1.29 is 22.8 Å². The normalized spacial score (nSPS) is 15.8. The van der Waals surface area contributed by atoms with Crippen molar-refractivity contribution in [3.8, 4) is 0 Å². The lowest BCUT2D eigenvalue weighted by atomic mass is 9.81. The van der Waals surface area contributed by atoms with Crippen LogP contribution in [0.15, 0.2) is 48.7 Å². The van der Waals surface area contributed by atoms with Crippen LogP contribution < -0.4 is 0 Å².